The van der Waals surface area contributed by atoms with Crippen LogP contribution in [-0.2, 0) is 6.54 Å². The second kappa shape index (κ2) is 5.45. The second-order valence-corrected chi connectivity index (χ2v) is 5.93. The van der Waals surface area contributed by atoms with Crippen LogP contribution in [0.15, 0.2) is 6.07 Å². The van der Waals surface area contributed by atoms with Gasteiger partial charge < -0.3 is 5.32 Å². The highest BCUT2D eigenvalue weighted by atomic mass is 15.2. The topological polar surface area (TPSA) is 41.1 Å². The minimum absolute atomic E-state index is 0.788. The summed E-state index contributed by atoms with van der Waals surface area (Å²) in [6.07, 6.45) is 6.97. The van der Waals surface area contributed by atoms with Crippen LogP contribution in [0.4, 0.5) is 5.82 Å². The van der Waals surface area contributed by atoms with Crippen LogP contribution in [0, 0.1) is 12.8 Å². The molecule has 1 saturated heterocycles. The average Bonchev–Trinajstić information content (AvgIpc) is 2.87. The number of aryl methyl sites for hydroxylation is 1. The molecule has 4 nitrogen and oxygen atoms in total. The van der Waals surface area contributed by atoms with Gasteiger partial charge >= 0.3 is 0 Å². The zero-order valence-corrected chi connectivity index (χ0v) is 12.0. The molecule has 19 heavy (non-hydrogen) atoms. The van der Waals surface area contributed by atoms with Crippen LogP contribution in [0.25, 0.3) is 0 Å². The molecule has 104 valence electrons. The van der Waals surface area contributed by atoms with Gasteiger partial charge in [-0.3, -0.25) is 4.90 Å². The largest absolute Gasteiger partial charge is 0.373 e. The number of piperidine rings is 1. The van der Waals surface area contributed by atoms with Crippen molar-refractivity contribution in [2.75, 3.05) is 18.9 Å². The minimum atomic E-state index is 0.788. The molecule has 1 aliphatic carbocycles. The summed E-state index contributed by atoms with van der Waals surface area (Å²) in [5.74, 6) is 2.83. The Morgan fingerprint density at radius 1 is 1.26 bits per heavy atom. The van der Waals surface area contributed by atoms with E-state index in [9.17, 15) is 0 Å². The van der Waals surface area contributed by atoms with Crippen molar-refractivity contribution in [2.45, 2.75) is 51.6 Å². The molecule has 0 aromatic carbocycles. The highest BCUT2D eigenvalue weighted by molar-refractivity contribution is 5.34. The molecule has 4 heteroatoms. The maximum Gasteiger partial charge on any atom is 0.144 e. The van der Waals surface area contributed by atoms with E-state index in [4.69, 9.17) is 0 Å². The van der Waals surface area contributed by atoms with Gasteiger partial charge in [0.25, 0.3) is 0 Å². The van der Waals surface area contributed by atoms with E-state index in [1.807, 2.05) is 20.0 Å². The summed E-state index contributed by atoms with van der Waals surface area (Å²) < 4.78 is 0. The molecule has 0 radical (unpaired) electrons. The summed E-state index contributed by atoms with van der Waals surface area (Å²) in [6, 6.07) is 2.79. The molecule has 0 bridgehead atoms. The molecule has 1 saturated carbocycles. The fourth-order valence-electron chi connectivity index (χ4n) is 3.76. The van der Waals surface area contributed by atoms with Crippen molar-refractivity contribution in [3.8, 4) is 0 Å². The van der Waals surface area contributed by atoms with Crippen molar-refractivity contribution in [1.82, 2.24) is 14.9 Å². The lowest BCUT2D eigenvalue weighted by atomic mass is 9.92. The predicted molar refractivity (Wildman–Crippen MR) is 77.1 cm³/mol. The van der Waals surface area contributed by atoms with E-state index in [1.165, 1.54) is 38.6 Å². The Kier molecular flexibility index (Phi) is 3.69. The van der Waals surface area contributed by atoms with Gasteiger partial charge in [-0.1, -0.05) is 6.42 Å². The molecule has 2 heterocycles. The van der Waals surface area contributed by atoms with Gasteiger partial charge in [-0.15, -0.1) is 0 Å². The number of nitrogens with one attached hydrogen (secondary N) is 1. The molecule has 1 aromatic rings. The maximum atomic E-state index is 4.60. The number of hydrogen-bond acceptors (Lipinski definition) is 4. The predicted octanol–water partition coefficient (Wildman–Crippen LogP) is 2.59. The first-order chi connectivity index (χ1) is 9.26. The van der Waals surface area contributed by atoms with Crippen molar-refractivity contribution >= 4 is 5.82 Å². The standard InChI is InChI=1S/C15H24N4/c1-11-9-14(16-2)18-15(17-11)10-19-8-4-6-12-5-3-7-13(12)19/h9,12-13H,3-8,10H2,1-2H3,(H,16,17,18). The van der Waals surface area contributed by atoms with Crippen molar-refractivity contribution in [2.24, 2.45) is 5.92 Å². The van der Waals surface area contributed by atoms with Crippen molar-refractivity contribution in [3.05, 3.63) is 17.6 Å². The molecule has 2 unspecified atom stereocenters. The zero-order valence-electron chi connectivity index (χ0n) is 12.0. The van der Waals surface area contributed by atoms with Gasteiger partial charge in [0.05, 0.1) is 6.54 Å². The minimum Gasteiger partial charge on any atom is -0.373 e. The molecule has 3 rings (SSSR count). The first kappa shape index (κ1) is 12.9. The van der Waals surface area contributed by atoms with Gasteiger partial charge in [-0.05, 0) is 45.1 Å². The van der Waals surface area contributed by atoms with E-state index >= 15 is 0 Å². The highest BCUT2D eigenvalue weighted by Gasteiger charge is 2.35. The molecule has 1 N–H and O–H groups in total. The lowest BCUT2D eigenvalue weighted by Crippen LogP contribution is -2.42. The Morgan fingerprint density at radius 2 is 2.11 bits per heavy atom. The molecule has 2 aliphatic rings. The third-order valence-electron chi connectivity index (χ3n) is 4.61. The van der Waals surface area contributed by atoms with Gasteiger partial charge in [0, 0.05) is 24.8 Å². The molecular formula is C15H24N4. The van der Waals surface area contributed by atoms with Crippen LogP contribution in [0.2, 0.25) is 0 Å². The monoisotopic (exact) mass is 260 g/mol. The Hall–Kier alpha value is -1.16. The molecule has 2 fully saturated rings. The first-order valence-electron chi connectivity index (χ1n) is 7.52. The highest BCUT2D eigenvalue weighted by Crippen LogP contribution is 2.37. The normalized spacial score (nSPS) is 27.3. The number of likely N-dealkylation sites (tertiary alicyclic amines) is 1. The lowest BCUT2D eigenvalue weighted by molar-refractivity contribution is 0.103. The molecule has 1 aliphatic heterocycles. The van der Waals surface area contributed by atoms with E-state index < -0.39 is 0 Å². The van der Waals surface area contributed by atoms with Crippen LogP contribution >= 0.6 is 0 Å². The smallest absolute Gasteiger partial charge is 0.144 e. The number of anilines is 1. The number of hydrogen-bond donors (Lipinski definition) is 1. The molecule has 2 atom stereocenters. The van der Waals surface area contributed by atoms with E-state index in [0.717, 1.165) is 35.8 Å². The Morgan fingerprint density at radius 3 is 2.95 bits per heavy atom. The first-order valence-corrected chi connectivity index (χ1v) is 7.52. The van der Waals surface area contributed by atoms with Gasteiger partial charge in [0.15, 0.2) is 0 Å². The van der Waals surface area contributed by atoms with Crippen LogP contribution in [0.5, 0.6) is 0 Å². The fraction of sp³-hybridized carbons (Fsp3) is 0.733. The number of fused-ring (bicyclic) bond motifs is 1. The Bertz CT molecular complexity index is 446. The van der Waals surface area contributed by atoms with Crippen LogP contribution in [0.3, 0.4) is 0 Å². The SMILES string of the molecule is CNc1cc(C)nc(CN2CCCC3CCCC32)n1. The van der Waals surface area contributed by atoms with Crippen LogP contribution < -0.4 is 5.32 Å². The number of nitrogens with zero attached hydrogens (tertiary/aromatic N) is 3. The van der Waals surface area contributed by atoms with Gasteiger partial charge in [0.1, 0.15) is 11.6 Å². The van der Waals surface area contributed by atoms with Crippen molar-refractivity contribution in [1.29, 1.82) is 0 Å². The fourth-order valence-corrected chi connectivity index (χ4v) is 3.76. The molecule has 0 spiro atoms. The summed E-state index contributed by atoms with van der Waals surface area (Å²) in [7, 11) is 1.92. The number of rotatable bonds is 3. The van der Waals surface area contributed by atoms with Crippen molar-refractivity contribution in [3.63, 3.8) is 0 Å². The average molecular weight is 260 g/mol. The maximum absolute atomic E-state index is 4.60. The van der Waals surface area contributed by atoms with Crippen molar-refractivity contribution < 1.29 is 0 Å². The third kappa shape index (κ3) is 2.73. The molecule has 1 aromatic heterocycles. The third-order valence-corrected chi connectivity index (χ3v) is 4.61. The number of aromatic nitrogens is 2. The Balaban J connectivity index is 1.75. The van der Waals surface area contributed by atoms with E-state index in [-0.39, 0.29) is 0 Å². The summed E-state index contributed by atoms with van der Waals surface area (Å²) in [6.45, 7) is 4.17. The van der Waals surface area contributed by atoms with Crippen LogP contribution in [-0.4, -0.2) is 34.5 Å². The summed E-state index contributed by atoms with van der Waals surface area (Å²) >= 11 is 0. The van der Waals surface area contributed by atoms with Gasteiger partial charge in [-0.25, -0.2) is 9.97 Å². The Labute approximate surface area is 115 Å². The van der Waals surface area contributed by atoms with Crippen LogP contribution in [0.1, 0.15) is 43.6 Å². The molecule has 0 amide bonds. The van der Waals surface area contributed by atoms with Gasteiger partial charge in [0.2, 0.25) is 0 Å². The van der Waals surface area contributed by atoms with E-state index in [1.54, 1.807) is 0 Å². The van der Waals surface area contributed by atoms with E-state index in [2.05, 4.69) is 20.2 Å². The van der Waals surface area contributed by atoms with E-state index in [0.29, 0.717) is 0 Å². The zero-order chi connectivity index (χ0) is 13.2. The summed E-state index contributed by atoms with van der Waals surface area (Å²) in [5.41, 5.74) is 1.05. The summed E-state index contributed by atoms with van der Waals surface area (Å²) in [5, 5.41) is 3.12. The quantitative estimate of drug-likeness (QED) is 0.907. The summed E-state index contributed by atoms with van der Waals surface area (Å²) in [4.78, 5) is 11.8. The molecular weight excluding hydrogens is 236 g/mol. The lowest BCUT2D eigenvalue weighted by Gasteiger charge is -2.37. The van der Waals surface area contributed by atoms with Gasteiger partial charge in [-0.2, -0.15) is 0 Å². The second-order valence-electron chi connectivity index (χ2n) is 5.93.